The average Bonchev–Trinajstić information content (AvgIpc) is 3.22. The van der Waals surface area contributed by atoms with Gasteiger partial charge >= 0.3 is 0 Å². The van der Waals surface area contributed by atoms with E-state index in [4.69, 9.17) is 9.47 Å². The monoisotopic (exact) mass is 372 g/mol. The zero-order chi connectivity index (χ0) is 19.0. The van der Waals surface area contributed by atoms with Crippen LogP contribution in [0.4, 0.5) is 0 Å². The summed E-state index contributed by atoms with van der Waals surface area (Å²) in [5, 5.41) is 0. The summed E-state index contributed by atoms with van der Waals surface area (Å²) in [4.78, 5) is 29.8. The van der Waals surface area contributed by atoms with Crippen LogP contribution >= 0.6 is 0 Å². The van der Waals surface area contributed by atoms with Crippen LogP contribution in [0.1, 0.15) is 37.2 Å². The highest BCUT2D eigenvalue weighted by Crippen LogP contribution is 2.42. The Morgan fingerprint density at radius 3 is 2.33 bits per heavy atom. The first-order valence-corrected chi connectivity index (χ1v) is 9.92. The topological polar surface area (TPSA) is 59.1 Å². The average molecular weight is 372 g/mol. The maximum atomic E-state index is 13.2. The number of nitrogens with zero attached hydrogens (tertiary/aromatic N) is 2. The number of ether oxygens (including phenoxy) is 2. The second-order valence-corrected chi connectivity index (χ2v) is 7.87. The fourth-order valence-electron chi connectivity index (χ4n) is 4.43. The molecule has 0 radical (unpaired) electrons. The first-order chi connectivity index (χ1) is 13.1. The number of carbonyl (C=O) groups is 2. The minimum absolute atomic E-state index is 0.0401. The normalized spacial score (nSPS) is 25.0. The van der Waals surface area contributed by atoms with Gasteiger partial charge in [0.2, 0.25) is 11.8 Å². The van der Waals surface area contributed by atoms with E-state index in [0.717, 1.165) is 55.8 Å². The van der Waals surface area contributed by atoms with Crippen molar-refractivity contribution in [2.24, 2.45) is 11.8 Å². The Labute approximate surface area is 160 Å². The van der Waals surface area contributed by atoms with Gasteiger partial charge in [0.1, 0.15) is 11.5 Å². The smallest absolute Gasteiger partial charge is 0.228 e. The highest BCUT2D eigenvalue weighted by molar-refractivity contribution is 5.85. The van der Waals surface area contributed by atoms with Crippen molar-refractivity contribution < 1.29 is 19.1 Å². The van der Waals surface area contributed by atoms with Gasteiger partial charge in [-0.1, -0.05) is 6.07 Å². The van der Waals surface area contributed by atoms with E-state index in [0.29, 0.717) is 13.1 Å². The standard InChI is InChI=1S/C21H28N2O4/c1-26-15-7-8-16(19(11-15)27-2)17-12-23(20(24)14-5-6-14)13-18(17)21(25)22-9-3-4-10-22/h7-8,11,14,17-18H,3-6,9-10,12-13H2,1-2H3. The Bertz CT molecular complexity index is 725. The molecule has 6 nitrogen and oxygen atoms in total. The summed E-state index contributed by atoms with van der Waals surface area (Å²) in [6.45, 7) is 2.77. The van der Waals surface area contributed by atoms with Gasteiger partial charge < -0.3 is 19.3 Å². The van der Waals surface area contributed by atoms with Gasteiger partial charge in [-0.15, -0.1) is 0 Å². The molecule has 0 bridgehead atoms. The van der Waals surface area contributed by atoms with Crippen molar-refractivity contribution in [1.29, 1.82) is 0 Å². The van der Waals surface area contributed by atoms with Gasteiger partial charge in [-0.05, 0) is 31.7 Å². The van der Waals surface area contributed by atoms with Crippen molar-refractivity contribution >= 4 is 11.8 Å². The van der Waals surface area contributed by atoms with Crippen LogP contribution in [-0.2, 0) is 9.59 Å². The molecule has 0 aromatic heterocycles. The van der Waals surface area contributed by atoms with Crippen LogP contribution in [0.3, 0.4) is 0 Å². The summed E-state index contributed by atoms with van der Waals surface area (Å²) in [5.41, 5.74) is 0.988. The summed E-state index contributed by atoms with van der Waals surface area (Å²) in [6.07, 6.45) is 4.10. The molecule has 2 amide bonds. The number of rotatable bonds is 5. The first kappa shape index (κ1) is 18.1. The molecule has 2 heterocycles. The van der Waals surface area contributed by atoms with Crippen molar-refractivity contribution in [2.45, 2.75) is 31.6 Å². The van der Waals surface area contributed by atoms with Gasteiger partial charge in [-0.3, -0.25) is 9.59 Å². The van der Waals surface area contributed by atoms with Gasteiger partial charge in [0.25, 0.3) is 0 Å². The molecule has 3 aliphatic rings. The zero-order valence-corrected chi connectivity index (χ0v) is 16.1. The molecule has 1 aliphatic carbocycles. The van der Waals surface area contributed by atoms with Crippen molar-refractivity contribution in [3.8, 4) is 11.5 Å². The van der Waals surface area contributed by atoms with Crippen molar-refractivity contribution in [2.75, 3.05) is 40.4 Å². The predicted octanol–water partition coefficient (Wildman–Crippen LogP) is 2.28. The van der Waals surface area contributed by atoms with E-state index in [2.05, 4.69) is 0 Å². The number of carbonyl (C=O) groups excluding carboxylic acids is 2. The predicted molar refractivity (Wildman–Crippen MR) is 101 cm³/mol. The molecule has 2 unspecified atom stereocenters. The molecule has 146 valence electrons. The van der Waals surface area contributed by atoms with Crippen LogP contribution in [0.5, 0.6) is 11.5 Å². The lowest BCUT2D eigenvalue weighted by atomic mass is 9.87. The lowest BCUT2D eigenvalue weighted by molar-refractivity contribution is -0.135. The van der Waals surface area contributed by atoms with E-state index >= 15 is 0 Å². The molecule has 6 heteroatoms. The summed E-state index contributed by atoms with van der Waals surface area (Å²) >= 11 is 0. The SMILES string of the molecule is COc1ccc(C2CN(C(=O)C3CC3)CC2C(=O)N2CCCC2)c(OC)c1. The number of likely N-dealkylation sites (tertiary alicyclic amines) is 2. The maximum Gasteiger partial charge on any atom is 0.228 e. The molecule has 0 N–H and O–H groups in total. The molecule has 1 saturated carbocycles. The molecule has 27 heavy (non-hydrogen) atoms. The quantitative estimate of drug-likeness (QED) is 0.796. The highest BCUT2D eigenvalue weighted by Gasteiger charge is 2.46. The Kier molecular flexibility index (Phi) is 4.98. The number of hydrogen-bond donors (Lipinski definition) is 0. The van der Waals surface area contributed by atoms with Gasteiger partial charge in [0, 0.05) is 49.6 Å². The third-order valence-electron chi connectivity index (χ3n) is 6.13. The van der Waals surface area contributed by atoms with Gasteiger partial charge in [0.05, 0.1) is 20.1 Å². The maximum absolute atomic E-state index is 13.2. The molecule has 2 atom stereocenters. The highest BCUT2D eigenvalue weighted by atomic mass is 16.5. The number of hydrogen-bond acceptors (Lipinski definition) is 4. The van der Waals surface area contributed by atoms with Crippen LogP contribution in [0.25, 0.3) is 0 Å². The van der Waals surface area contributed by atoms with E-state index < -0.39 is 0 Å². The molecule has 1 aromatic carbocycles. The van der Waals surface area contributed by atoms with E-state index in [1.54, 1.807) is 14.2 Å². The second-order valence-electron chi connectivity index (χ2n) is 7.87. The summed E-state index contributed by atoms with van der Waals surface area (Å²) in [7, 11) is 3.26. The number of benzene rings is 1. The summed E-state index contributed by atoms with van der Waals surface area (Å²) < 4.78 is 10.9. The first-order valence-electron chi connectivity index (χ1n) is 9.92. The Morgan fingerprint density at radius 2 is 1.70 bits per heavy atom. The zero-order valence-electron chi connectivity index (χ0n) is 16.1. The Hall–Kier alpha value is -2.24. The summed E-state index contributed by atoms with van der Waals surface area (Å²) in [6, 6.07) is 5.75. The van der Waals surface area contributed by atoms with E-state index in [9.17, 15) is 9.59 Å². The molecular formula is C21H28N2O4. The van der Waals surface area contributed by atoms with Crippen LogP contribution in [-0.4, -0.2) is 62.0 Å². The molecular weight excluding hydrogens is 344 g/mol. The second kappa shape index (κ2) is 7.41. The lowest BCUT2D eigenvalue weighted by Gasteiger charge is -2.25. The van der Waals surface area contributed by atoms with E-state index in [1.165, 1.54) is 0 Å². The van der Waals surface area contributed by atoms with E-state index in [1.807, 2.05) is 28.0 Å². The molecule has 1 aromatic rings. The number of methoxy groups -OCH3 is 2. The van der Waals surface area contributed by atoms with Gasteiger partial charge in [-0.25, -0.2) is 0 Å². The fraction of sp³-hybridized carbons (Fsp3) is 0.619. The fourth-order valence-corrected chi connectivity index (χ4v) is 4.43. The molecule has 4 rings (SSSR count). The Morgan fingerprint density at radius 1 is 0.963 bits per heavy atom. The minimum Gasteiger partial charge on any atom is -0.497 e. The van der Waals surface area contributed by atoms with Crippen LogP contribution in [0.2, 0.25) is 0 Å². The Balaban J connectivity index is 1.64. The third-order valence-corrected chi connectivity index (χ3v) is 6.13. The third kappa shape index (κ3) is 3.49. The largest absolute Gasteiger partial charge is 0.497 e. The van der Waals surface area contributed by atoms with Gasteiger partial charge in [0.15, 0.2) is 0 Å². The molecule has 2 aliphatic heterocycles. The van der Waals surface area contributed by atoms with Gasteiger partial charge in [-0.2, -0.15) is 0 Å². The lowest BCUT2D eigenvalue weighted by Crippen LogP contribution is -2.37. The summed E-state index contributed by atoms with van der Waals surface area (Å²) in [5.74, 6) is 1.77. The van der Waals surface area contributed by atoms with Crippen LogP contribution in [0, 0.1) is 11.8 Å². The molecule has 3 fully saturated rings. The van der Waals surface area contributed by atoms with E-state index in [-0.39, 0.29) is 29.6 Å². The van der Waals surface area contributed by atoms with Crippen molar-refractivity contribution in [1.82, 2.24) is 9.80 Å². The number of amides is 2. The molecule has 0 spiro atoms. The van der Waals surface area contributed by atoms with Crippen LogP contribution in [0.15, 0.2) is 18.2 Å². The van der Waals surface area contributed by atoms with Crippen molar-refractivity contribution in [3.63, 3.8) is 0 Å². The van der Waals surface area contributed by atoms with Crippen LogP contribution < -0.4 is 9.47 Å². The molecule has 2 saturated heterocycles. The minimum atomic E-state index is -0.201. The van der Waals surface area contributed by atoms with Crippen molar-refractivity contribution in [3.05, 3.63) is 23.8 Å².